The van der Waals surface area contributed by atoms with E-state index in [0.29, 0.717) is 35.9 Å². The molecule has 0 aromatic heterocycles. The number of Topliss-reactive ketones (excluding diaryl/α,β-unsaturated/α-hetero) is 1. The van der Waals surface area contributed by atoms with Gasteiger partial charge >= 0.3 is 0 Å². The van der Waals surface area contributed by atoms with Gasteiger partial charge < -0.3 is 5.32 Å². The zero-order valence-corrected chi connectivity index (χ0v) is 13.3. The second-order valence-corrected chi connectivity index (χ2v) is 8.56. The van der Waals surface area contributed by atoms with Gasteiger partial charge in [0.05, 0.1) is 0 Å². The zero-order chi connectivity index (χ0) is 14.8. The lowest BCUT2D eigenvalue weighted by Crippen LogP contribution is -2.57. The molecule has 1 amide bonds. The van der Waals surface area contributed by atoms with Gasteiger partial charge in [-0.05, 0) is 61.2 Å². The summed E-state index contributed by atoms with van der Waals surface area (Å²) < 4.78 is 0. The van der Waals surface area contributed by atoms with E-state index < -0.39 is 0 Å². The maximum atomic E-state index is 12.4. The van der Waals surface area contributed by atoms with Gasteiger partial charge in [0.1, 0.15) is 5.78 Å². The van der Waals surface area contributed by atoms with Gasteiger partial charge in [0.15, 0.2) is 0 Å². The Morgan fingerprint density at radius 3 is 2.67 bits per heavy atom. The Morgan fingerprint density at radius 2 is 1.86 bits per heavy atom. The van der Waals surface area contributed by atoms with Crippen LogP contribution in [-0.4, -0.2) is 18.2 Å². The highest BCUT2D eigenvalue weighted by atomic mass is 16.1. The first-order chi connectivity index (χ1) is 9.95. The number of fused-ring (bicyclic) bond motifs is 5. The van der Waals surface area contributed by atoms with Crippen LogP contribution in [0.5, 0.6) is 0 Å². The fraction of sp³-hybridized carbons (Fsp3) is 0.889. The third-order valence-electron chi connectivity index (χ3n) is 7.86. The highest BCUT2D eigenvalue weighted by molar-refractivity contribution is 5.87. The van der Waals surface area contributed by atoms with Crippen molar-refractivity contribution in [1.82, 2.24) is 5.32 Å². The van der Waals surface area contributed by atoms with E-state index in [1.54, 1.807) is 0 Å². The Morgan fingerprint density at radius 1 is 1.05 bits per heavy atom. The number of hydrogen-bond acceptors (Lipinski definition) is 2. The molecule has 1 N–H and O–H groups in total. The van der Waals surface area contributed by atoms with Gasteiger partial charge in [0.2, 0.25) is 5.91 Å². The van der Waals surface area contributed by atoms with E-state index in [-0.39, 0.29) is 16.7 Å². The van der Waals surface area contributed by atoms with Crippen molar-refractivity contribution in [3.63, 3.8) is 0 Å². The molecule has 3 aliphatic carbocycles. The van der Waals surface area contributed by atoms with E-state index in [1.807, 2.05) is 0 Å². The number of carbonyl (C=O) groups is 2. The van der Waals surface area contributed by atoms with Crippen molar-refractivity contribution in [2.45, 2.75) is 58.8 Å². The lowest BCUT2D eigenvalue weighted by atomic mass is 9.46. The smallest absolute Gasteiger partial charge is 0.220 e. The molecular formula is C18H27NO2. The summed E-state index contributed by atoms with van der Waals surface area (Å²) in [6.07, 6.45) is 7.32. The molecule has 21 heavy (non-hydrogen) atoms. The van der Waals surface area contributed by atoms with Gasteiger partial charge in [0.25, 0.3) is 0 Å². The molecule has 1 heterocycles. The highest BCUT2D eigenvalue weighted by Gasteiger charge is 2.60. The summed E-state index contributed by atoms with van der Waals surface area (Å²) in [5.41, 5.74) is 0.138. The summed E-state index contributed by atoms with van der Waals surface area (Å²) in [7, 11) is 0. The van der Waals surface area contributed by atoms with Crippen LogP contribution in [0.3, 0.4) is 0 Å². The average Bonchev–Trinajstić information content (AvgIpc) is 2.74. The molecule has 4 aliphatic rings. The lowest BCUT2D eigenvalue weighted by Gasteiger charge is -2.59. The van der Waals surface area contributed by atoms with E-state index in [4.69, 9.17) is 0 Å². The molecule has 1 saturated heterocycles. The molecule has 0 radical (unpaired) electrons. The Labute approximate surface area is 127 Å². The molecule has 4 rings (SSSR count). The van der Waals surface area contributed by atoms with Crippen molar-refractivity contribution in [3.05, 3.63) is 0 Å². The third-order valence-corrected chi connectivity index (χ3v) is 7.86. The summed E-state index contributed by atoms with van der Waals surface area (Å²) in [4.78, 5) is 24.3. The normalized spacial score (nSPS) is 52.7. The van der Waals surface area contributed by atoms with Gasteiger partial charge in [-0.25, -0.2) is 0 Å². The second-order valence-electron chi connectivity index (χ2n) is 8.56. The number of carbonyl (C=O) groups excluding carboxylic acids is 2. The van der Waals surface area contributed by atoms with Crippen molar-refractivity contribution in [3.8, 4) is 0 Å². The molecular weight excluding hydrogens is 262 g/mol. The van der Waals surface area contributed by atoms with Gasteiger partial charge in [-0.2, -0.15) is 0 Å². The van der Waals surface area contributed by atoms with Crippen LogP contribution >= 0.6 is 0 Å². The Balaban J connectivity index is 1.67. The summed E-state index contributed by atoms with van der Waals surface area (Å²) in [6, 6.07) is 0. The average molecular weight is 289 g/mol. The largest absolute Gasteiger partial charge is 0.356 e. The minimum atomic E-state index is -0.0404. The SMILES string of the molecule is C[C@]12CC(=O)NC[C@@H]1CC[C@@H]1[C@@H]2CC[C@]2(C)C(=O)CC[C@@H]12. The molecule has 0 bridgehead atoms. The van der Waals surface area contributed by atoms with Crippen LogP contribution in [0.1, 0.15) is 58.8 Å². The van der Waals surface area contributed by atoms with E-state index in [0.717, 1.165) is 32.2 Å². The second kappa shape index (κ2) is 4.33. The number of piperidine rings is 1. The summed E-state index contributed by atoms with van der Waals surface area (Å²) in [5.74, 6) is 3.34. The molecule has 1 aliphatic heterocycles. The number of ketones is 1. The van der Waals surface area contributed by atoms with Crippen LogP contribution in [0.15, 0.2) is 0 Å². The molecule has 6 atom stereocenters. The zero-order valence-electron chi connectivity index (χ0n) is 13.3. The Hall–Kier alpha value is -0.860. The predicted octanol–water partition coefficient (Wildman–Crippen LogP) is 2.93. The van der Waals surface area contributed by atoms with Gasteiger partial charge in [-0.1, -0.05) is 13.8 Å². The van der Waals surface area contributed by atoms with Crippen molar-refractivity contribution in [2.24, 2.45) is 34.5 Å². The van der Waals surface area contributed by atoms with E-state index in [1.165, 1.54) is 12.8 Å². The minimum Gasteiger partial charge on any atom is -0.356 e. The van der Waals surface area contributed by atoms with Crippen LogP contribution in [-0.2, 0) is 9.59 Å². The number of hydrogen-bond donors (Lipinski definition) is 1. The third kappa shape index (κ3) is 1.72. The maximum absolute atomic E-state index is 12.4. The molecule has 0 aromatic rings. The quantitative estimate of drug-likeness (QED) is 0.745. The standard InChI is InChI=1S/C18H27NO2/c1-17-8-7-14-12(13(17)5-6-15(17)20)4-3-11-10-19-16(21)9-18(11,14)2/h11-14H,3-10H2,1-2H3,(H,19,21)/t11-,12-,13-,14-,17-,18-/m0/s1. The molecule has 0 unspecified atom stereocenters. The van der Waals surface area contributed by atoms with Gasteiger partial charge in [-0.3, -0.25) is 9.59 Å². The van der Waals surface area contributed by atoms with Crippen molar-refractivity contribution >= 4 is 11.7 Å². The monoisotopic (exact) mass is 289 g/mol. The van der Waals surface area contributed by atoms with Crippen LogP contribution in [0.2, 0.25) is 0 Å². The minimum absolute atomic E-state index is 0.0404. The van der Waals surface area contributed by atoms with Crippen molar-refractivity contribution < 1.29 is 9.59 Å². The molecule has 3 heteroatoms. The maximum Gasteiger partial charge on any atom is 0.220 e. The molecule has 3 nitrogen and oxygen atoms in total. The Kier molecular flexibility index (Phi) is 2.84. The number of amides is 1. The summed E-state index contributed by atoms with van der Waals surface area (Å²) in [6.45, 7) is 5.47. The highest BCUT2D eigenvalue weighted by Crippen LogP contribution is 2.63. The number of nitrogens with one attached hydrogen (secondary N) is 1. The summed E-state index contributed by atoms with van der Waals surface area (Å²) >= 11 is 0. The fourth-order valence-electron chi connectivity index (χ4n) is 6.56. The molecule has 0 aromatic carbocycles. The molecule has 3 saturated carbocycles. The van der Waals surface area contributed by atoms with Crippen LogP contribution in [0, 0.1) is 34.5 Å². The van der Waals surface area contributed by atoms with Crippen molar-refractivity contribution in [1.29, 1.82) is 0 Å². The molecule has 4 fully saturated rings. The van der Waals surface area contributed by atoms with Gasteiger partial charge in [0, 0.05) is 24.8 Å². The first-order valence-electron chi connectivity index (χ1n) is 8.75. The fourth-order valence-corrected chi connectivity index (χ4v) is 6.56. The Bertz CT molecular complexity index is 501. The van der Waals surface area contributed by atoms with Crippen LogP contribution in [0.25, 0.3) is 0 Å². The first-order valence-corrected chi connectivity index (χ1v) is 8.75. The van der Waals surface area contributed by atoms with E-state index in [9.17, 15) is 9.59 Å². The lowest BCUT2D eigenvalue weighted by molar-refractivity contribution is -0.147. The van der Waals surface area contributed by atoms with E-state index >= 15 is 0 Å². The summed E-state index contributed by atoms with van der Waals surface area (Å²) in [5, 5.41) is 3.07. The molecule has 116 valence electrons. The van der Waals surface area contributed by atoms with Crippen molar-refractivity contribution in [2.75, 3.05) is 6.54 Å². The predicted molar refractivity (Wildman–Crippen MR) is 80.5 cm³/mol. The molecule has 0 spiro atoms. The van der Waals surface area contributed by atoms with Crippen LogP contribution in [0.4, 0.5) is 0 Å². The van der Waals surface area contributed by atoms with Crippen LogP contribution < -0.4 is 5.32 Å². The van der Waals surface area contributed by atoms with Gasteiger partial charge in [-0.15, -0.1) is 0 Å². The topological polar surface area (TPSA) is 46.2 Å². The van der Waals surface area contributed by atoms with E-state index in [2.05, 4.69) is 19.2 Å². The first kappa shape index (κ1) is 13.8. The number of rotatable bonds is 0.